The maximum Gasteiger partial charge on any atom is 0.419 e. The molecular formula is C61H82N4O5. The monoisotopic (exact) mass is 951 g/mol. The fourth-order valence-electron chi connectivity index (χ4n) is 7.24. The number of hydrogen-bond acceptors (Lipinski definition) is 7. The van der Waals surface area contributed by atoms with Gasteiger partial charge in [-0.15, -0.1) is 0 Å². The van der Waals surface area contributed by atoms with Crippen LogP contribution < -0.4 is 16.2 Å². The SMILES string of the molecule is C=C(C(C)C)C(N)Cc1ccc(C)cc1.C=C(C(C)C)C(N)Cc1cn(C(=O)OC(C)(C)C)c2ccccc12.CC(C)CCOc1cccc([N+](=O)[O-])c1.CC(C)Cc1ccc(-c2ccccc2)cc1. The van der Waals surface area contributed by atoms with Crippen molar-refractivity contribution in [3.05, 3.63) is 190 Å². The van der Waals surface area contributed by atoms with Gasteiger partial charge in [-0.2, -0.15) is 0 Å². The quantitative estimate of drug-likeness (QED) is 0.0560. The molecule has 0 bridgehead atoms. The third-order valence-corrected chi connectivity index (χ3v) is 11.5. The van der Waals surface area contributed by atoms with Crippen molar-refractivity contribution >= 4 is 22.7 Å². The highest BCUT2D eigenvalue weighted by Crippen LogP contribution is 2.26. The molecule has 70 heavy (non-hydrogen) atoms. The van der Waals surface area contributed by atoms with Crippen LogP contribution in [0.15, 0.2) is 158 Å². The van der Waals surface area contributed by atoms with Crippen LogP contribution in [0.3, 0.4) is 0 Å². The standard InChI is InChI=1S/C20H28N2O2.C16H18.C14H21N.C11H15NO3/c1-13(2)14(3)17(21)11-15-12-22(19(23)24-20(4,5)6)18-10-8-7-9-16(15)18;1-13(2)12-14-8-10-16(11-9-14)15-6-4-3-5-7-15;1-10(2)12(4)14(15)9-13-7-5-11(3)6-8-13;1-9(2)6-7-15-11-5-3-4-10(8-11)12(13)14/h7-10,12-13,17H,3,11,21H2,1-2,4-6H3;3-11,13H,12H2,1-2H3;5-8,10,14H,4,9,15H2,1-3H3;3-5,8-9H,6-7H2,1-2H3. The van der Waals surface area contributed by atoms with E-state index in [1.54, 1.807) is 16.7 Å². The first-order chi connectivity index (χ1) is 32.9. The highest BCUT2D eigenvalue weighted by molar-refractivity contribution is 5.92. The average Bonchev–Trinajstić information content (AvgIpc) is 3.67. The lowest BCUT2D eigenvalue weighted by Crippen LogP contribution is -2.27. The molecule has 0 saturated heterocycles. The number of ether oxygens (including phenoxy) is 2. The van der Waals surface area contributed by atoms with Gasteiger partial charge in [0.15, 0.2) is 0 Å². The molecule has 4 N–H and O–H groups in total. The molecule has 376 valence electrons. The zero-order valence-corrected chi connectivity index (χ0v) is 44.2. The smallest absolute Gasteiger partial charge is 0.419 e. The van der Waals surface area contributed by atoms with Crippen molar-refractivity contribution in [1.29, 1.82) is 0 Å². The van der Waals surface area contributed by atoms with E-state index in [1.807, 2.05) is 51.2 Å². The number of hydrogen-bond donors (Lipinski definition) is 2. The van der Waals surface area contributed by atoms with Gasteiger partial charge >= 0.3 is 6.09 Å². The van der Waals surface area contributed by atoms with Crippen molar-refractivity contribution in [2.45, 2.75) is 126 Å². The molecule has 0 radical (unpaired) electrons. The predicted molar refractivity (Wildman–Crippen MR) is 295 cm³/mol. The van der Waals surface area contributed by atoms with Crippen LogP contribution in [0.4, 0.5) is 10.5 Å². The predicted octanol–water partition coefficient (Wildman–Crippen LogP) is 15.2. The first kappa shape index (κ1) is 58.0. The van der Waals surface area contributed by atoms with Crippen molar-refractivity contribution in [3.63, 3.8) is 0 Å². The van der Waals surface area contributed by atoms with Crippen LogP contribution in [0.5, 0.6) is 5.75 Å². The zero-order valence-electron chi connectivity index (χ0n) is 44.2. The van der Waals surface area contributed by atoms with Crippen LogP contribution in [0.1, 0.15) is 105 Å². The normalized spacial score (nSPS) is 12.0. The second-order valence-corrected chi connectivity index (χ2v) is 20.5. The Morgan fingerprint density at radius 2 is 1.20 bits per heavy atom. The van der Waals surface area contributed by atoms with Crippen LogP contribution in [0.2, 0.25) is 0 Å². The molecule has 9 heteroatoms. The van der Waals surface area contributed by atoms with E-state index in [0.29, 0.717) is 36.5 Å². The number of rotatable bonds is 16. The Balaban J connectivity index is 0.000000253. The molecule has 6 rings (SSSR count). The summed E-state index contributed by atoms with van der Waals surface area (Å²) in [6.45, 7) is 33.6. The van der Waals surface area contributed by atoms with Crippen molar-refractivity contribution in [3.8, 4) is 16.9 Å². The Bertz CT molecular complexity index is 2530. The fourth-order valence-corrected chi connectivity index (χ4v) is 7.24. The molecule has 1 aromatic heterocycles. The van der Waals surface area contributed by atoms with Gasteiger partial charge in [-0.05, 0) is 117 Å². The summed E-state index contributed by atoms with van der Waals surface area (Å²) >= 11 is 0. The van der Waals surface area contributed by atoms with E-state index in [2.05, 4.69) is 154 Å². The van der Waals surface area contributed by atoms with Crippen molar-refractivity contribution < 1.29 is 19.2 Å². The molecule has 0 fully saturated rings. The van der Waals surface area contributed by atoms with Gasteiger partial charge in [0.2, 0.25) is 0 Å². The zero-order chi connectivity index (χ0) is 52.1. The highest BCUT2D eigenvalue weighted by atomic mass is 16.6. The molecule has 6 aromatic rings. The summed E-state index contributed by atoms with van der Waals surface area (Å²) in [4.78, 5) is 22.6. The van der Waals surface area contributed by atoms with Gasteiger partial charge in [0.05, 0.1) is 23.1 Å². The molecule has 0 aliphatic carbocycles. The molecule has 0 spiro atoms. The number of carbonyl (C=O) groups excluding carboxylic acids is 1. The Morgan fingerprint density at radius 1 is 0.671 bits per heavy atom. The third kappa shape index (κ3) is 20.4. The Labute approximate surface area is 420 Å². The minimum Gasteiger partial charge on any atom is -0.493 e. The van der Waals surface area contributed by atoms with E-state index in [0.717, 1.165) is 52.8 Å². The van der Waals surface area contributed by atoms with Gasteiger partial charge < -0.3 is 20.9 Å². The van der Waals surface area contributed by atoms with Crippen LogP contribution >= 0.6 is 0 Å². The van der Waals surface area contributed by atoms with E-state index in [-0.39, 0.29) is 23.9 Å². The molecule has 0 saturated carbocycles. The number of nitrogens with two attached hydrogens (primary N) is 2. The van der Waals surface area contributed by atoms with Crippen LogP contribution in [-0.4, -0.2) is 39.9 Å². The van der Waals surface area contributed by atoms with E-state index in [9.17, 15) is 14.9 Å². The van der Waals surface area contributed by atoms with Gasteiger partial charge in [0, 0.05) is 29.7 Å². The van der Waals surface area contributed by atoms with Crippen LogP contribution in [0, 0.1) is 40.7 Å². The topological polar surface area (TPSA) is 136 Å². The minimum absolute atomic E-state index is 0.0667. The number of para-hydroxylation sites is 1. The van der Waals surface area contributed by atoms with Crippen LogP contribution in [-0.2, 0) is 24.0 Å². The van der Waals surface area contributed by atoms with Gasteiger partial charge in [-0.25, -0.2) is 4.79 Å². The van der Waals surface area contributed by atoms with Gasteiger partial charge in [-0.3, -0.25) is 14.7 Å². The number of nitro benzene ring substituents is 1. The number of aryl methyl sites for hydroxylation is 1. The van der Waals surface area contributed by atoms with E-state index >= 15 is 0 Å². The summed E-state index contributed by atoms with van der Waals surface area (Å²) in [5, 5.41) is 11.5. The second kappa shape index (κ2) is 28.4. The number of fused-ring (bicyclic) bond motifs is 1. The maximum absolute atomic E-state index is 12.5. The maximum atomic E-state index is 12.5. The largest absolute Gasteiger partial charge is 0.493 e. The number of carbonyl (C=O) groups is 1. The minimum atomic E-state index is -0.537. The van der Waals surface area contributed by atoms with Gasteiger partial charge in [0.1, 0.15) is 11.4 Å². The molecule has 0 aliphatic heterocycles. The van der Waals surface area contributed by atoms with Crippen molar-refractivity contribution in [1.82, 2.24) is 4.57 Å². The Morgan fingerprint density at radius 3 is 1.74 bits per heavy atom. The van der Waals surface area contributed by atoms with E-state index < -0.39 is 10.5 Å². The summed E-state index contributed by atoms with van der Waals surface area (Å²) in [7, 11) is 0. The summed E-state index contributed by atoms with van der Waals surface area (Å²) in [6.07, 6.45) is 5.11. The molecule has 5 aromatic carbocycles. The molecule has 1 heterocycles. The van der Waals surface area contributed by atoms with E-state index in [1.165, 1.54) is 39.9 Å². The summed E-state index contributed by atoms with van der Waals surface area (Å²) in [5.74, 6) is 2.65. The Hall–Kier alpha value is -6.29. The number of non-ortho nitro benzene ring substituents is 1. The highest BCUT2D eigenvalue weighted by Gasteiger charge is 2.22. The molecule has 0 aliphatic rings. The summed E-state index contributed by atoms with van der Waals surface area (Å²) in [5.41, 5.74) is 22.5. The molecule has 2 unspecified atom stereocenters. The molecule has 2 atom stereocenters. The number of benzene rings is 5. The number of nitrogens with zero attached hydrogens (tertiary/aromatic N) is 2. The third-order valence-electron chi connectivity index (χ3n) is 11.5. The molecule has 0 amide bonds. The lowest BCUT2D eigenvalue weighted by atomic mass is 9.93. The van der Waals surface area contributed by atoms with Crippen LogP contribution in [0.25, 0.3) is 22.0 Å². The summed E-state index contributed by atoms with van der Waals surface area (Å²) in [6, 6.07) is 42.0. The van der Waals surface area contributed by atoms with Gasteiger partial charge in [0.25, 0.3) is 5.69 Å². The second-order valence-electron chi connectivity index (χ2n) is 20.5. The molecular weight excluding hydrogens is 869 g/mol. The fraction of sp³-hybridized carbons (Fsp3) is 0.393. The first-order valence-corrected chi connectivity index (χ1v) is 24.7. The van der Waals surface area contributed by atoms with Crippen molar-refractivity contribution in [2.24, 2.45) is 35.1 Å². The average molecular weight is 951 g/mol. The van der Waals surface area contributed by atoms with E-state index in [4.69, 9.17) is 20.9 Å². The summed E-state index contributed by atoms with van der Waals surface area (Å²) < 4.78 is 12.5. The Kier molecular flexibility index (Phi) is 23.5. The first-order valence-electron chi connectivity index (χ1n) is 24.7. The lowest BCUT2D eigenvalue weighted by Gasteiger charge is -2.19. The lowest BCUT2D eigenvalue weighted by molar-refractivity contribution is -0.384. The number of nitro groups is 1. The number of aromatic nitrogens is 1. The van der Waals surface area contributed by atoms with Gasteiger partial charge in [-0.1, -0.05) is 188 Å². The molecule has 9 nitrogen and oxygen atoms in total. The van der Waals surface area contributed by atoms with Crippen molar-refractivity contribution in [2.75, 3.05) is 6.61 Å².